The molecule has 1 aromatic heterocycles. The van der Waals surface area contributed by atoms with Crippen molar-refractivity contribution in [3.05, 3.63) is 107 Å². The lowest BCUT2D eigenvalue weighted by atomic mass is 9.96. The molecule has 0 saturated heterocycles. The molecule has 0 amide bonds. The van der Waals surface area contributed by atoms with Crippen LogP contribution in [0.1, 0.15) is 63.2 Å². The zero-order chi connectivity index (χ0) is 23.2. The molecule has 0 aliphatic rings. The third-order valence-corrected chi connectivity index (χ3v) is 6.02. The number of fused-ring (bicyclic) bond motifs is 1. The number of ketones is 2. The van der Waals surface area contributed by atoms with Crippen molar-refractivity contribution in [1.29, 1.82) is 0 Å². The molecule has 0 unspecified atom stereocenters. The van der Waals surface area contributed by atoms with Crippen LogP contribution in [0.4, 0.5) is 0 Å². The Kier molecular flexibility index (Phi) is 7.16. The second-order valence-electron chi connectivity index (χ2n) is 8.53. The van der Waals surface area contributed by atoms with Crippen LogP contribution >= 0.6 is 0 Å². The predicted octanol–water partition coefficient (Wildman–Crippen LogP) is 6.22. The number of aryl methyl sites for hydroxylation is 1. The first-order valence-electron chi connectivity index (χ1n) is 11.6. The van der Waals surface area contributed by atoms with E-state index in [1.54, 1.807) is 6.20 Å². The van der Waals surface area contributed by atoms with Gasteiger partial charge >= 0.3 is 0 Å². The molecule has 4 rings (SSSR count). The van der Waals surface area contributed by atoms with E-state index in [1.807, 2.05) is 55.5 Å². The lowest BCUT2D eigenvalue weighted by Gasteiger charge is -2.18. The Hall–Kier alpha value is -3.50. The quantitative estimate of drug-likeness (QED) is 0.289. The Morgan fingerprint density at radius 1 is 0.970 bits per heavy atom. The minimum Gasteiger partial charge on any atom is -0.360 e. The number of benzene rings is 3. The number of carbonyl (C=O) groups is 2. The van der Waals surface area contributed by atoms with Crippen molar-refractivity contribution in [1.82, 2.24) is 10.3 Å². The summed E-state index contributed by atoms with van der Waals surface area (Å²) in [5, 5.41) is 4.32. The average Bonchev–Trinajstić information content (AvgIpc) is 3.27. The summed E-state index contributed by atoms with van der Waals surface area (Å²) in [6.07, 6.45) is 3.95. The van der Waals surface area contributed by atoms with Crippen molar-refractivity contribution < 1.29 is 9.59 Å². The molecule has 0 radical (unpaired) electrons. The maximum absolute atomic E-state index is 13.7. The summed E-state index contributed by atoms with van der Waals surface area (Å²) in [6, 6.07) is 23.4. The molecule has 0 aliphatic carbocycles. The number of Topliss-reactive ketones (excluding diaryl/α,β-unsaturated/α-hetero) is 2. The van der Waals surface area contributed by atoms with Gasteiger partial charge in [0.1, 0.15) is 0 Å². The molecule has 0 fully saturated rings. The Bertz CT molecular complexity index is 1240. The molecular weight excluding hydrogens is 408 g/mol. The van der Waals surface area contributed by atoms with Gasteiger partial charge in [0, 0.05) is 41.2 Å². The van der Waals surface area contributed by atoms with Crippen LogP contribution in [0.5, 0.6) is 0 Å². The minimum absolute atomic E-state index is 0.0176. The molecule has 4 heteroatoms. The first-order valence-corrected chi connectivity index (χ1v) is 11.6. The Morgan fingerprint density at radius 3 is 2.45 bits per heavy atom. The third kappa shape index (κ3) is 5.29. The van der Waals surface area contributed by atoms with Gasteiger partial charge in [-0.2, -0.15) is 0 Å². The van der Waals surface area contributed by atoms with Crippen LogP contribution in [0.3, 0.4) is 0 Å². The maximum atomic E-state index is 13.7. The first kappa shape index (κ1) is 22.7. The molecule has 168 valence electrons. The van der Waals surface area contributed by atoms with Gasteiger partial charge in [-0.25, -0.2) is 0 Å². The molecule has 3 aromatic carbocycles. The summed E-state index contributed by atoms with van der Waals surface area (Å²) in [5.41, 5.74) is 5.55. The minimum atomic E-state index is -0.447. The maximum Gasteiger partial charge on any atom is 0.186 e. The molecular formula is C29H30N2O2. The van der Waals surface area contributed by atoms with E-state index in [0.717, 1.165) is 29.3 Å². The summed E-state index contributed by atoms with van der Waals surface area (Å²) in [4.78, 5) is 29.2. The fraction of sp³-hybridized carbons (Fsp3) is 0.241. The van der Waals surface area contributed by atoms with E-state index in [-0.39, 0.29) is 11.6 Å². The van der Waals surface area contributed by atoms with E-state index < -0.39 is 6.04 Å². The largest absolute Gasteiger partial charge is 0.360 e. The SMILES string of the molecule is CCCC(=O)c1ccc2c(C(=O)[C@@H](NCCc3ccc(C)cc3)c3ccccc3)c[nH]c2c1. The average molecular weight is 439 g/mol. The van der Waals surface area contributed by atoms with Gasteiger partial charge in [0.2, 0.25) is 0 Å². The van der Waals surface area contributed by atoms with Gasteiger partial charge in [-0.3, -0.25) is 9.59 Å². The normalized spacial score (nSPS) is 12.1. The zero-order valence-electron chi connectivity index (χ0n) is 19.2. The fourth-order valence-electron chi connectivity index (χ4n) is 4.15. The van der Waals surface area contributed by atoms with E-state index in [9.17, 15) is 9.59 Å². The van der Waals surface area contributed by atoms with Gasteiger partial charge in [0.25, 0.3) is 0 Å². The van der Waals surface area contributed by atoms with Crippen LogP contribution in [-0.4, -0.2) is 23.1 Å². The fourth-order valence-corrected chi connectivity index (χ4v) is 4.15. The van der Waals surface area contributed by atoms with Gasteiger partial charge in [0.15, 0.2) is 11.6 Å². The van der Waals surface area contributed by atoms with E-state index in [0.29, 0.717) is 24.1 Å². The highest BCUT2D eigenvalue weighted by atomic mass is 16.1. The van der Waals surface area contributed by atoms with Gasteiger partial charge in [-0.15, -0.1) is 0 Å². The molecule has 33 heavy (non-hydrogen) atoms. The van der Waals surface area contributed by atoms with Crippen molar-refractivity contribution in [2.75, 3.05) is 6.54 Å². The number of aromatic nitrogens is 1. The number of carbonyl (C=O) groups excluding carboxylic acids is 2. The summed E-state index contributed by atoms with van der Waals surface area (Å²) in [5.74, 6) is 0.144. The van der Waals surface area contributed by atoms with E-state index in [4.69, 9.17) is 0 Å². The van der Waals surface area contributed by atoms with Crippen LogP contribution in [0, 0.1) is 6.92 Å². The number of hydrogen-bond donors (Lipinski definition) is 2. The second-order valence-corrected chi connectivity index (χ2v) is 8.53. The van der Waals surface area contributed by atoms with Gasteiger partial charge < -0.3 is 10.3 Å². The van der Waals surface area contributed by atoms with Crippen LogP contribution in [0.15, 0.2) is 79.0 Å². The second kappa shape index (κ2) is 10.4. The van der Waals surface area contributed by atoms with Crippen LogP contribution in [-0.2, 0) is 6.42 Å². The van der Waals surface area contributed by atoms with Crippen molar-refractivity contribution in [3.8, 4) is 0 Å². The third-order valence-electron chi connectivity index (χ3n) is 6.02. The standard InChI is InChI=1S/C29H30N2O2/c1-3-7-27(32)23-14-15-24-25(19-31-26(24)18-23)29(33)28(22-8-5-4-6-9-22)30-17-16-21-12-10-20(2)11-13-21/h4-6,8-15,18-19,28,30-31H,3,7,16-17H2,1-2H3/t28-/m0/s1. The van der Waals surface area contributed by atoms with Crippen LogP contribution in [0.2, 0.25) is 0 Å². The number of hydrogen-bond acceptors (Lipinski definition) is 3. The highest BCUT2D eigenvalue weighted by molar-refractivity contribution is 6.11. The van der Waals surface area contributed by atoms with E-state index >= 15 is 0 Å². The van der Waals surface area contributed by atoms with E-state index in [2.05, 4.69) is 41.5 Å². The highest BCUT2D eigenvalue weighted by Gasteiger charge is 2.24. The van der Waals surface area contributed by atoms with Crippen LogP contribution in [0.25, 0.3) is 10.9 Å². The Morgan fingerprint density at radius 2 is 1.73 bits per heavy atom. The zero-order valence-corrected chi connectivity index (χ0v) is 19.2. The summed E-state index contributed by atoms with van der Waals surface area (Å²) < 4.78 is 0. The number of H-pyrrole nitrogens is 1. The monoisotopic (exact) mass is 438 g/mol. The Balaban J connectivity index is 1.57. The van der Waals surface area contributed by atoms with Crippen LogP contribution < -0.4 is 5.32 Å². The first-order chi connectivity index (χ1) is 16.1. The summed E-state index contributed by atoms with van der Waals surface area (Å²) in [6.45, 7) is 4.76. The summed E-state index contributed by atoms with van der Waals surface area (Å²) in [7, 11) is 0. The highest BCUT2D eigenvalue weighted by Crippen LogP contribution is 2.26. The van der Waals surface area contributed by atoms with Crippen molar-refractivity contribution >= 4 is 22.5 Å². The number of rotatable bonds is 10. The molecule has 1 atom stereocenters. The molecule has 0 aliphatic heterocycles. The molecule has 1 heterocycles. The lowest BCUT2D eigenvalue weighted by molar-refractivity contribution is 0.0943. The molecule has 2 N–H and O–H groups in total. The molecule has 0 bridgehead atoms. The van der Waals surface area contributed by atoms with Gasteiger partial charge in [-0.05, 0) is 37.0 Å². The van der Waals surface area contributed by atoms with Crippen molar-refractivity contribution in [2.24, 2.45) is 0 Å². The van der Waals surface area contributed by atoms with Gasteiger partial charge in [-0.1, -0.05) is 79.2 Å². The molecule has 4 nitrogen and oxygen atoms in total. The lowest BCUT2D eigenvalue weighted by Crippen LogP contribution is -2.30. The van der Waals surface area contributed by atoms with Crippen molar-refractivity contribution in [2.45, 2.75) is 39.2 Å². The smallest absolute Gasteiger partial charge is 0.186 e. The number of aromatic amines is 1. The molecule has 4 aromatic rings. The van der Waals surface area contributed by atoms with Gasteiger partial charge in [0.05, 0.1) is 6.04 Å². The van der Waals surface area contributed by atoms with E-state index in [1.165, 1.54) is 11.1 Å². The predicted molar refractivity (Wildman–Crippen MR) is 134 cm³/mol. The summed E-state index contributed by atoms with van der Waals surface area (Å²) >= 11 is 0. The Labute approximate surface area is 195 Å². The molecule has 0 spiro atoms. The van der Waals surface area contributed by atoms with Crippen molar-refractivity contribution in [3.63, 3.8) is 0 Å². The number of nitrogens with one attached hydrogen (secondary N) is 2. The topological polar surface area (TPSA) is 62.0 Å². The molecule has 0 saturated carbocycles.